The van der Waals surface area contributed by atoms with Gasteiger partial charge in [0.05, 0.1) is 10.6 Å². The molecular formula is C25H28N2O4S. The summed E-state index contributed by atoms with van der Waals surface area (Å²) in [6.45, 7) is 9.31. The molecular weight excluding hydrogens is 424 g/mol. The summed E-state index contributed by atoms with van der Waals surface area (Å²) in [6, 6.07) is 17.4. The van der Waals surface area contributed by atoms with Gasteiger partial charge < -0.3 is 10.1 Å². The molecule has 0 unspecified atom stereocenters. The topological polar surface area (TPSA) is 84.5 Å². The van der Waals surface area contributed by atoms with Crippen LogP contribution in [0.25, 0.3) is 0 Å². The van der Waals surface area contributed by atoms with Gasteiger partial charge in [-0.05, 0) is 93.3 Å². The number of anilines is 2. The van der Waals surface area contributed by atoms with Crippen LogP contribution in [0.2, 0.25) is 0 Å². The minimum Gasteiger partial charge on any atom is -0.481 e. The van der Waals surface area contributed by atoms with E-state index in [-0.39, 0.29) is 10.8 Å². The van der Waals surface area contributed by atoms with Crippen LogP contribution in [0, 0.1) is 27.7 Å². The monoisotopic (exact) mass is 452 g/mol. The van der Waals surface area contributed by atoms with E-state index in [0.29, 0.717) is 17.1 Å². The number of carbonyl (C=O) groups is 1. The van der Waals surface area contributed by atoms with Crippen LogP contribution in [0.4, 0.5) is 11.4 Å². The summed E-state index contributed by atoms with van der Waals surface area (Å²) in [6.07, 6.45) is -0.717. The third kappa shape index (κ3) is 5.68. The number of ether oxygens (including phenoxy) is 1. The molecule has 0 radical (unpaired) electrons. The fraction of sp³-hybridized carbons (Fsp3) is 0.240. The Labute approximate surface area is 189 Å². The van der Waals surface area contributed by atoms with Gasteiger partial charge in [-0.2, -0.15) is 0 Å². The summed E-state index contributed by atoms with van der Waals surface area (Å²) in [5.74, 6) is 0.303. The Morgan fingerprint density at radius 1 is 0.875 bits per heavy atom. The lowest BCUT2D eigenvalue weighted by molar-refractivity contribution is -0.122. The van der Waals surface area contributed by atoms with Gasteiger partial charge in [-0.3, -0.25) is 9.52 Å². The number of carbonyl (C=O) groups excluding carboxylic acids is 1. The molecule has 0 saturated heterocycles. The van der Waals surface area contributed by atoms with Gasteiger partial charge >= 0.3 is 0 Å². The average Bonchev–Trinajstić information content (AvgIpc) is 2.70. The van der Waals surface area contributed by atoms with Crippen molar-refractivity contribution in [2.45, 2.75) is 45.6 Å². The normalized spacial score (nSPS) is 12.2. The highest BCUT2D eigenvalue weighted by Gasteiger charge is 2.18. The lowest BCUT2D eigenvalue weighted by atomic mass is 10.1. The van der Waals surface area contributed by atoms with E-state index in [0.717, 1.165) is 22.3 Å². The van der Waals surface area contributed by atoms with Gasteiger partial charge in [0.25, 0.3) is 15.9 Å². The van der Waals surface area contributed by atoms with E-state index >= 15 is 0 Å². The van der Waals surface area contributed by atoms with Crippen molar-refractivity contribution in [3.63, 3.8) is 0 Å². The quantitative estimate of drug-likeness (QED) is 0.521. The molecule has 3 rings (SSSR count). The first-order valence-corrected chi connectivity index (χ1v) is 11.8. The summed E-state index contributed by atoms with van der Waals surface area (Å²) >= 11 is 0. The number of aryl methyl sites for hydroxylation is 4. The average molecular weight is 453 g/mol. The molecule has 0 aliphatic heterocycles. The first-order chi connectivity index (χ1) is 15.0. The Hall–Kier alpha value is -3.32. The van der Waals surface area contributed by atoms with Crippen LogP contribution in [0.5, 0.6) is 5.75 Å². The molecule has 0 spiro atoms. The van der Waals surface area contributed by atoms with Gasteiger partial charge in [-0.15, -0.1) is 0 Å². The number of benzene rings is 3. The largest absolute Gasteiger partial charge is 0.481 e. The van der Waals surface area contributed by atoms with Crippen molar-refractivity contribution in [2.24, 2.45) is 0 Å². The van der Waals surface area contributed by atoms with Gasteiger partial charge in [0.15, 0.2) is 6.10 Å². The molecule has 2 N–H and O–H groups in total. The SMILES string of the molecule is Cc1cc(C)cc(O[C@@H](C)C(=O)Nc2ccc(S(=O)(=O)Nc3c(C)cccc3C)cc2)c1. The van der Waals surface area contributed by atoms with Crippen LogP contribution in [0.1, 0.15) is 29.2 Å². The van der Waals surface area contributed by atoms with Gasteiger partial charge in [0.2, 0.25) is 0 Å². The summed E-state index contributed by atoms with van der Waals surface area (Å²) in [5.41, 5.74) is 4.85. The molecule has 3 aromatic carbocycles. The van der Waals surface area contributed by atoms with Crippen LogP contribution in [0.3, 0.4) is 0 Å². The smallest absolute Gasteiger partial charge is 0.265 e. The zero-order valence-electron chi connectivity index (χ0n) is 18.9. The minimum absolute atomic E-state index is 0.109. The molecule has 0 aliphatic carbocycles. The number of hydrogen-bond donors (Lipinski definition) is 2. The molecule has 1 atom stereocenters. The fourth-order valence-corrected chi connectivity index (χ4v) is 4.59. The molecule has 32 heavy (non-hydrogen) atoms. The number of hydrogen-bond acceptors (Lipinski definition) is 4. The zero-order chi connectivity index (χ0) is 23.5. The number of nitrogens with one attached hydrogen (secondary N) is 2. The highest BCUT2D eigenvalue weighted by molar-refractivity contribution is 7.92. The van der Waals surface area contributed by atoms with E-state index in [9.17, 15) is 13.2 Å². The lowest BCUT2D eigenvalue weighted by Gasteiger charge is -2.16. The molecule has 3 aromatic rings. The highest BCUT2D eigenvalue weighted by Crippen LogP contribution is 2.24. The number of amides is 1. The van der Waals surface area contributed by atoms with Crippen LogP contribution in [-0.2, 0) is 14.8 Å². The predicted octanol–water partition coefficient (Wildman–Crippen LogP) is 5.13. The number of sulfonamides is 1. The lowest BCUT2D eigenvalue weighted by Crippen LogP contribution is -2.30. The van der Waals surface area contributed by atoms with Crippen molar-refractivity contribution in [3.8, 4) is 5.75 Å². The maximum absolute atomic E-state index is 12.8. The highest BCUT2D eigenvalue weighted by atomic mass is 32.2. The van der Waals surface area contributed by atoms with E-state index in [1.165, 1.54) is 12.1 Å². The van der Waals surface area contributed by atoms with Crippen LogP contribution in [-0.4, -0.2) is 20.4 Å². The molecule has 0 aromatic heterocycles. The van der Waals surface area contributed by atoms with Gasteiger partial charge in [0, 0.05) is 5.69 Å². The van der Waals surface area contributed by atoms with Crippen molar-refractivity contribution in [2.75, 3.05) is 10.0 Å². The Morgan fingerprint density at radius 2 is 1.44 bits per heavy atom. The summed E-state index contributed by atoms with van der Waals surface area (Å²) in [4.78, 5) is 12.6. The second-order valence-corrected chi connectivity index (χ2v) is 9.65. The Kier molecular flexibility index (Phi) is 6.89. The van der Waals surface area contributed by atoms with Gasteiger partial charge in [-0.25, -0.2) is 8.42 Å². The van der Waals surface area contributed by atoms with Crippen LogP contribution >= 0.6 is 0 Å². The third-order valence-electron chi connectivity index (χ3n) is 5.03. The maximum Gasteiger partial charge on any atom is 0.265 e. The first-order valence-electron chi connectivity index (χ1n) is 10.3. The molecule has 7 heteroatoms. The number of rotatable bonds is 7. The molecule has 0 saturated carbocycles. The zero-order valence-corrected chi connectivity index (χ0v) is 19.7. The van der Waals surface area contributed by atoms with Crippen molar-refractivity contribution in [3.05, 3.63) is 82.9 Å². The van der Waals surface area contributed by atoms with Crippen molar-refractivity contribution in [1.29, 1.82) is 0 Å². The standard InChI is InChI=1S/C25H28N2O4S/c1-16-13-17(2)15-22(14-16)31-20(5)25(28)26-21-9-11-23(12-10-21)32(29,30)27-24-18(3)7-6-8-19(24)4/h6-15,20,27H,1-5H3,(H,26,28)/t20-/m0/s1. The Balaban J connectivity index is 1.67. The summed E-state index contributed by atoms with van der Waals surface area (Å²) in [5, 5.41) is 2.76. The first kappa shape index (κ1) is 23.3. The van der Waals surface area contributed by atoms with E-state index in [1.54, 1.807) is 19.1 Å². The van der Waals surface area contributed by atoms with E-state index in [4.69, 9.17) is 4.74 Å². The molecule has 0 aliphatic rings. The molecule has 0 heterocycles. The van der Waals surface area contributed by atoms with E-state index in [2.05, 4.69) is 10.0 Å². The fourth-order valence-electron chi connectivity index (χ4n) is 3.39. The van der Waals surface area contributed by atoms with Crippen molar-refractivity contribution < 1.29 is 17.9 Å². The van der Waals surface area contributed by atoms with E-state index < -0.39 is 16.1 Å². The number of para-hydroxylation sites is 1. The van der Waals surface area contributed by atoms with Crippen LogP contribution < -0.4 is 14.8 Å². The van der Waals surface area contributed by atoms with Crippen LogP contribution in [0.15, 0.2) is 65.6 Å². The van der Waals surface area contributed by atoms with Crippen molar-refractivity contribution >= 4 is 27.3 Å². The molecule has 1 amide bonds. The Morgan fingerprint density at radius 3 is 2.00 bits per heavy atom. The molecule has 0 fully saturated rings. The molecule has 168 valence electrons. The minimum atomic E-state index is -3.76. The second-order valence-electron chi connectivity index (χ2n) is 7.97. The summed E-state index contributed by atoms with van der Waals surface area (Å²) < 4.78 is 34.0. The second kappa shape index (κ2) is 9.44. The Bertz CT molecular complexity index is 1190. The van der Waals surface area contributed by atoms with Crippen molar-refractivity contribution in [1.82, 2.24) is 0 Å². The van der Waals surface area contributed by atoms with Gasteiger partial charge in [0.1, 0.15) is 5.75 Å². The molecule has 0 bridgehead atoms. The maximum atomic E-state index is 12.8. The predicted molar refractivity (Wildman–Crippen MR) is 128 cm³/mol. The van der Waals surface area contributed by atoms with Gasteiger partial charge in [-0.1, -0.05) is 24.3 Å². The third-order valence-corrected chi connectivity index (χ3v) is 6.39. The summed E-state index contributed by atoms with van der Waals surface area (Å²) in [7, 11) is -3.76. The molecule has 6 nitrogen and oxygen atoms in total. The van der Waals surface area contributed by atoms with E-state index in [1.807, 2.05) is 64.1 Å².